The molecule has 0 spiro atoms. The molecule has 1 aliphatic rings. The zero-order chi connectivity index (χ0) is 12.2. The summed E-state index contributed by atoms with van der Waals surface area (Å²) in [6.45, 7) is 5.49. The predicted octanol–water partition coefficient (Wildman–Crippen LogP) is 3.12. The Morgan fingerprint density at radius 3 is 2.88 bits per heavy atom. The van der Waals surface area contributed by atoms with E-state index in [0.29, 0.717) is 12.0 Å². The van der Waals surface area contributed by atoms with Crippen molar-refractivity contribution in [2.75, 3.05) is 19.3 Å². The third-order valence-electron chi connectivity index (χ3n) is 3.87. The minimum Gasteiger partial charge on any atom is -0.460 e. The van der Waals surface area contributed by atoms with Crippen LogP contribution in [0.2, 0.25) is 0 Å². The van der Waals surface area contributed by atoms with Gasteiger partial charge in [0.25, 0.3) is 0 Å². The Morgan fingerprint density at radius 1 is 1.35 bits per heavy atom. The van der Waals surface area contributed by atoms with Crippen LogP contribution in [0.3, 0.4) is 0 Å². The highest BCUT2D eigenvalue weighted by Crippen LogP contribution is 2.41. The Hall–Kier alpha value is -1.48. The smallest absolute Gasteiger partial charge is 0.134 e. The molecule has 2 heterocycles. The van der Waals surface area contributed by atoms with Crippen molar-refractivity contribution in [3.05, 3.63) is 29.5 Å². The van der Waals surface area contributed by atoms with Crippen molar-refractivity contribution in [2.45, 2.75) is 25.8 Å². The molecule has 3 nitrogen and oxygen atoms in total. The molecule has 3 heteroatoms. The highest BCUT2D eigenvalue weighted by molar-refractivity contribution is 5.86. The molecule has 0 amide bonds. The lowest BCUT2D eigenvalue weighted by atomic mass is 9.92. The van der Waals surface area contributed by atoms with Crippen LogP contribution in [-0.2, 0) is 0 Å². The van der Waals surface area contributed by atoms with E-state index in [1.807, 2.05) is 18.2 Å². The third kappa shape index (κ3) is 1.46. The highest BCUT2D eigenvalue weighted by Gasteiger charge is 2.31. The van der Waals surface area contributed by atoms with Crippen LogP contribution in [0.15, 0.2) is 22.6 Å². The third-order valence-corrected chi connectivity index (χ3v) is 3.87. The van der Waals surface area contributed by atoms with Crippen molar-refractivity contribution in [1.29, 1.82) is 0 Å². The van der Waals surface area contributed by atoms with Gasteiger partial charge in [-0.1, -0.05) is 6.92 Å². The van der Waals surface area contributed by atoms with Gasteiger partial charge in [-0.15, -0.1) is 0 Å². The molecule has 0 saturated heterocycles. The number of likely N-dealkylation sites (N-methyl/N-ethyl adjacent to an activating group) is 1. The molecule has 1 aliphatic heterocycles. The number of furan rings is 1. The van der Waals surface area contributed by atoms with Crippen LogP contribution in [0.4, 0.5) is 5.69 Å². The van der Waals surface area contributed by atoms with Gasteiger partial charge in [0.05, 0.1) is 0 Å². The number of fused-ring (bicyclic) bond motifs is 3. The van der Waals surface area contributed by atoms with Crippen LogP contribution in [0, 0.1) is 0 Å². The van der Waals surface area contributed by atoms with Crippen molar-refractivity contribution in [2.24, 2.45) is 0 Å². The topological polar surface area (TPSA) is 42.4 Å². The quantitative estimate of drug-likeness (QED) is 0.707. The fourth-order valence-electron chi connectivity index (χ4n) is 2.84. The molecule has 0 fully saturated rings. The van der Waals surface area contributed by atoms with E-state index in [0.717, 1.165) is 23.6 Å². The number of nitrogens with two attached hydrogens (primary N) is 1. The molecule has 0 bridgehead atoms. The van der Waals surface area contributed by atoms with Gasteiger partial charge in [-0.25, -0.2) is 0 Å². The van der Waals surface area contributed by atoms with Gasteiger partial charge >= 0.3 is 0 Å². The van der Waals surface area contributed by atoms with Crippen molar-refractivity contribution in [3.8, 4) is 0 Å². The van der Waals surface area contributed by atoms with Gasteiger partial charge in [-0.2, -0.15) is 0 Å². The van der Waals surface area contributed by atoms with Gasteiger partial charge in [0.15, 0.2) is 0 Å². The van der Waals surface area contributed by atoms with Crippen molar-refractivity contribution < 1.29 is 4.42 Å². The number of nitrogen functional groups attached to an aromatic ring is 1. The van der Waals surface area contributed by atoms with E-state index in [-0.39, 0.29) is 0 Å². The van der Waals surface area contributed by atoms with E-state index >= 15 is 0 Å². The molecule has 2 N–H and O–H groups in total. The lowest BCUT2D eigenvalue weighted by Gasteiger charge is -2.32. The Labute approximate surface area is 101 Å². The highest BCUT2D eigenvalue weighted by atomic mass is 16.3. The number of rotatable bonds is 0. The molecule has 2 atom stereocenters. The maximum atomic E-state index is 5.99. The van der Waals surface area contributed by atoms with Crippen LogP contribution >= 0.6 is 0 Å². The monoisotopic (exact) mass is 230 g/mol. The summed E-state index contributed by atoms with van der Waals surface area (Å²) >= 11 is 0. The molecular formula is C14H18N2O. The fourth-order valence-corrected chi connectivity index (χ4v) is 2.84. The van der Waals surface area contributed by atoms with E-state index in [2.05, 4.69) is 25.8 Å². The molecule has 0 radical (unpaired) electrons. The fraction of sp³-hybridized carbons (Fsp3) is 0.429. The zero-order valence-corrected chi connectivity index (χ0v) is 10.5. The van der Waals surface area contributed by atoms with Gasteiger partial charge in [0, 0.05) is 35.1 Å². The number of anilines is 1. The largest absolute Gasteiger partial charge is 0.460 e. The first-order valence-electron chi connectivity index (χ1n) is 6.10. The van der Waals surface area contributed by atoms with E-state index in [1.54, 1.807) is 0 Å². The van der Waals surface area contributed by atoms with Crippen LogP contribution in [0.1, 0.15) is 37.1 Å². The second kappa shape index (κ2) is 3.50. The predicted molar refractivity (Wildman–Crippen MR) is 70.1 cm³/mol. The summed E-state index contributed by atoms with van der Waals surface area (Å²) in [5, 5.41) is 1.17. The summed E-state index contributed by atoms with van der Waals surface area (Å²) in [6, 6.07) is 6.29. The second-order valence-corrected chi connectivity index (χ2v) is 5.15. The molecule has 0 unspecified atom stereocenters. The normalized spacial score (nSPS) is 25.1. The Kier molecular flexibility index (Phi) is 2.20. The number of nitrogens with zero attached hydrogens (tertiary/aromatic N) is 1. The first kappa shape index (κ1) is 10.7. The lowest BCUT2D eigenvalue weighted by Crippen LogP contribution is -2.31. The minimum absolute atomic E-state index is 0.393. The van der Waals surface area contributed by atoms with Crippen molar-refractivity contribution in [1.82, 2.24) is 4.90 Å². The number of hydrogen-bond acceptors (Lipinski definition) is 3. The summed E-state index contributed by atoms with van der Waals surface area (Å²) in [6.07, 6.45) is 0. The van der Waals surface area contributed by atoms with E-state index in [9.17, 15) is 0 Å². The van der Waals surface area contributed by atoms with E-state index in [4.69, 9.17) is 10.2 Å². The van der Waals surface area contributed by atoms with Gasteiger partial charge in [-0.3, -0.25) is 4.90 Å². The van der Waals surface area contributed by atoms with Gasteiger partial charge < -0.3 is 10.2 Å². The molecule has 90 valence electrons. The molecule has 0 aliphatic carbocycles. The van der Waals surface area contributed by atoms with Gasteiger partial charge in [0.1, 0.15) is 11.3 Å². The van der Waals surface area contributed by atoms with Crippen LogP contribution in [-0.4, -0.2) is 18.5 Å². The molecule has 3 rings (SSSR count). The summed E-state index contributed by atoms with van der Waals surface area (Å²) < 4.78 is 5.99. The van der Waals surface area contributed by atoms with E-state index < -0.39 is 0 Å². The lowest BCUT2D eigenvalue weighted by molar-refractivity contribution is 0.215. The SMILES string of the molecule is C[C@@H]1c2c(oc3ccc(N)cc23)[C@@H](C)CN1C. The Bertz CT molecular complexity index is 573. The average molecular weight is 230 g/mol. The molecule has 0 saturated carbocycles. The van der Waals surface area contributed by atoms with Crippen LogP contribution in [0.5, 0.6) is 0 Å². The first-order valence-corrected chi connectivity index (χ1v) is 6.10. The summed E-state index contributed by atoms with van der Waals surface area (Å²) in [4.78, 5) is 2.37. The van der Waals surface area contributed by atoms with Crippen molar-refractivity contribution in [3.63, 3.8) is 0 Å². The summed E-state index contributed by atoms with van der Waals surface area (Å²) in [5.74, 6) is 1.58. The van der Waals surface area contributed by atoms with Gasteiger partial charge in [-0.05, 0) is 32.2 Å². The second-order valence-electron chi connectivity index (χ2n) is 5.15. The molecule has 1 aromatic carbocycles. The Morgan fingerprint density at radius 2 is 2.12 bits per heavy atom. The standard InChI is InChI=1S/C14H18N2O/c1-8-7-16(3)9(2)13-11-6-10(15)4-5-12(11)17-14(8)13/h4-6,8-9H,7,15H2,1-3H3/t8-,9+/m0/s1. The first-order chi connectivity index (χ1) is 8.08. The average Bonchev–Trinajstić information content (AvgIpc) is 2.65. The molecule has 2 aromatic rings. The summed E-state index contributed by atoms with van der Waals surface area (Å²) in [7, 11) is 2.16. The maximum absolute atomic E-state index is 5.99. The zero-order valence-electron chi connectivity index (χ0n) is 10.5. The summed E-state index contributed by atoms with van der Waals surface area (Å²) in [5.41, 5.74) is 8.95. The molecular weight excluding hydrogens is 212 g/mol. The van der Waals surface area contributed by atoms with Crippen molar-refractivity contribution >= 4 is 16.7 Å². The minimum atomic E-state index is 0.393. The van der Waals surface area contributed by atoms with E-state index in [1.165, 1.54) is 10.9 Å². The van der Waals surface area contributed by atoms with Gasteiger partial charge in [0.2, 0.25) is 0 Å². The number of hydrogen-bond donors (Lipinski definition) is 1. The van der Waals surface area contributed by atoms with Crippen LogP contribution < -0.4 is 5.73 Å². The Balaban J connectivity index is 2.31. The van der Waals surface area contributed by atoms with Crippen LogP contribution in [0.25, 0.3) is 11.0 Å². The molecule has 17 heavy (non-hydrogen) atoms. The maximum Gasteiger partial charge on any atom is 0.134 e. The number of benzene rings is 1. The molecule has 1 aromatic heterocycles.